The predicted molar refractivity (Wildman–Crippen MR) is 107 cm³/mol. The summed E-state index contributed by atoms with van der Waals surface area (Å²) in [4.78, 5) is 24.9. The van der Waals surface area contributed by atoms with Crippen LogP contribution in [-0.4, -0.2) is 60.9 Å². The molecule has 1 N–H and O–H groups in total. The van der Waals surface area contributed by atoms with E-state index in [2.05, 4.69) is 0 Å². The summed E-state index contributed by atoms with van der Waals surface area (Å²) in [6, 6.07) is 0. The number of hydrogen-bond acceptors (Lipinski definition) is 7. The first-order valence-corrected chi connectivity index (χ1v) is 12.5. The minimum absolute atomic E-state index is 0.0513. The Morgan fingerprint density at radius 1 is 1.39 bits per heavy atom. The number of epoxide rings is 1. The molecule has 0 aromatic carbocycles. The van der Waals surface area contributed by atoms with E-state index in [1.165, 1.54) is 12.2 Å². The first-order chi connectivity index (χ1) is 14.3. The molecular weight excluding hydrogens is 427 g/mol. The smallest absolute Gasteiger partial charge is 0.264 e. The highest BCUT2D eigenvalue weighted by molar-refractivity contribution is 7.86. The van der Waals surface area contributed by atoms with Crippen molar-refractivity contribution in [1.82, 2.24) is 0 Å². The van der Waals surface area contributed by atoms with Gasteiger partial charge in [-0.3, -0.25) is 13.8 Å². The highest BCUT2D eigenvalue weighted by Gasteiger charge is 2.87. The van der Waals surface area contributed by atoms with Crippen LogP contribution in [0.4, 0.5) is 4.39 Å². The molecule has 0 radical (unpaired) electrons. The summed E-state index contributed by atoms with van der Waals surface area (Å²) in [5.41, 5.74) is -4.65. The van der Waals surface area contributed by atoms with Gasteiger partial charge in [0.05, 0.1) is 12.4 Å². The number of ether oxygens (including phenoxy) is 1. The third kappa shape index (κ3) is 2.46. The van der Waals surface area contributed by atoms with E-state index in [1.807, 2.05) is 6.92 Å². The van der Waals surface area contributed by atoms with Crippen molar-refractivity contribution in [3.8, 4) is 0 Å². The molecule has 9 heteroatoms. The van der Waals surface area contributed by atoms with Crippen molar-refractivity contribution in [3.05, 3.63) is 23.8 Å². The van der Waals surface area contributed by atoms with Gasteiger partial charge in [-0.2, -0.15) is 8.42 Å². The molecule has 4 fully saturated rings. The zero-order chi connectivity index (χ0) is 22.6. The molecule has 1 aliphatic heterocycles. The van der Waals surface area contributed by atoms with Crippen LogP contribution in [0.15, 0.2) is 23.8 Å². The van der Waals surface area contributed by atoms with Crippen LogP contribution >= 0.6 is 0 Å². The molecule has 7 nitrogen and oxygen atoms in total. The number of halogens is 1. The van der Waals surface area contributed by atoms with Crippen LogP contribution in [-0.2, 0) is 28.6 Å². The normalized spacial score (nSPS) is 50.1. The molecule has 1 heterocycles. The number of hydrogen-bond donors (Lipinski definition) is 1. The summed E-state index contributed by atoms with van der Waals surface area (Å²) in [5.74, 6) is -1.74. The monoisotopic (exact) mass is 454 g/mol. The number of aliphatic hydroxyl groups is 1. The van der Waals surface area contributed by atoms with Gasteiger partial charge in [0.15, 0.2) is 22.8 Å². The maximum Gasteiger partial charge on any atom is 0.264 e. The van der Waals surface area contributed by atoms with Crippen molar-refractivity contribution in [2.45, 2.75) is 62.5 Å². The number of fused-ring (bicyclic) bond motifs is 4. The van der Waals surface area contributed by atoms with Gasteiger partial charge in [-0.15, -0.1) is 0 Å². The van der Waals surface area contributed by atoms with Gasteiger partial charge < -0.3 is 9.84 Å². The molecule has 0 aromatic heterocycles. The van der Waals surface area contributed by atoms with E-state index in [0.717, 1.165) is 6.26 Å². The van der Waals surface area contributed by atoms with Crippen LogP contribution < -0.4 is 0 Å². The Kier molecular flexibility index (Phi) is 4.23. The van der Waals surface area contributed by atoms with Gasteiger partial charge in [0, 0.05) is 17.8 Å². The molecule has 0 bridgehead atoms. The molecular formula is C22H27FO7S. The molecule has 4 aliphatic carbocycles. The molecule has 5 rings (SSSR count). The van der Waals surface area contributed by atoms with Crippen molar-refractivity contribution < 1.29 is 36.4 Å². The van der Waals surface area contributed by atoms with Crippen LogP contribution in [0.25, 0.3) is 0 Å². The Hall–Kier alpha value is -1.42. The molecule has 1 saturated heterocycles. The summed E-state index contributed by atoms with van der Waals surface area (Å²) in [6.45, 7) is 2.96. The quantitative estimate of drug-likeness (QED) is 0.508. The maximum atomic E-state index is 16.9. The second-order valence-corrected chi connectivity index (χ2v) is 11.7. The van der Waals surface area contributed by atoms with Crippen molar-refractivity contribution in [1.29, 1.82) is 0 Å². The minimum Gasteiger partial charge on any atom is -0.390 e. The number of Topliss-reactive ketones (excluding diaryl/α,β-unsaturated/α-hetero) is 1. The minimum atomic E-state index is -3.80. The fraction of sp³-hybridized carbons (Fsp3) is 0.727. The largest absolute Gasteiger partial charge is 0.390 e. The number of carbonyl (C=O) groups excluding carboxylic acids is 2. The molecule has 0 amide bonds. The first kappa shape index (κ1) is 21.4. The standard InChI is InChI=1S/C22H27FO7S/c1-12-8-16-15-5-4-13-9-14(24)6-7-19(13,2)21(15,23)17(25)10-20(16)22(12,30-20)18(26)11-29-31(3,27)28/h6-7,9,12,15-17,25H,4-5,8,10-11H2,1-3H3/t12-,15+,16+,17+,19+,20-,21+,22+/m1/s1. The third-order valence-electron chi connectivity index (χ3n) is 8.74. The van der Waals surface area contributed by atoms with Crippen LogP contribution in [0, 0.1) is 23.2 Å². The number of rotatable bonds is 4. The third-order valence-corrected chi connectivity index (χ3v) is 9.29. The van der Waals surface area contributed by atoms with Gasteiger partial charge in [-0.25, -0.2) is 4.39 Å². The Labute approximate surface area is 180 Å². The van der Waals surface area contributed by atoms with Crippen molar-refractivity contribution in [2.75, 3.05) is 12.9 Å². The van der Waals surface area contributed by atoms with Crippen molar-refractivity contribution in [2.24, 2.45) is 23.2 Å². The van der Waals surface area contributed by atoms with Gasteiger partial charge >= 0.3 is 0 Å². The summed E-state index contributed by atoms with van der Waals surface area (Å²) in [7, 11) is -3.80. The predicted octanol–water partition coefficient (Wildman–Crippen LogP) is 1.65. The molecule has 8 atom stereocenters. The zero-order valence-electron chi connectivity index (χ0n) is 17.8. The Morgan fingerprint density at radius 2 is 2.10 bits per heavy atom. The van der Waals surface area contributed by atoms with Gasteiger partial charge in [-0.05, 0) is 50.2 Å². The van der Waals surface area contributed by atoms with E-state index < -0.39 is 56.8 Å². The first-order valence-electron chi connectivity index (χ1n) is 10.7. The number of ketones is 2. The van der Waals surface area contributed by atoms with Gasteiger partial charge in [-0.1, -0.05) is 18.6 Å². The lowest BCUT2D eigenvalue weighted by Gasteiger charge is -2.59. The molecule has 0 unspecified atom stereocenters. The summed E-state index contributed by atoms with van der Waals surface area (Å²) >= 11 is 0. The van der Waals surface area contributed by atoms with E-state index in [4.69, 9.17) is 8.92 Å². The lowest BCUT2D eigenvalue weighted by atomic mass is 9.48. The molecule has 170 valence electrons. The molecule has 0 aromatic rings. The van der Waals surface area contributed by atoms with Crippen molar-refractivity contribution >= 4 is 21.7 Å². The van der Waals surface area contributed by atoms with E-state index >= 15 is 4.39 Å². The topological polar surface area (TPSA) is 110 Å². The number of aliphatic hydroxyl groups excluding tert-OH is 1. The van der Waals surface area contributed by atoms with E-state index in [1.54, 1.807) is 13.0 Å². The highest BCUT2D eigenvalue weighted by atomic mass is 32.2. The van der Waals surface area contributed by atoms with E-state index in [0.29, 0.717) is 24.8 Å². The fourth-order valence-electron chi connectivity index (χ4n) is 7.40. The van der Waals surface area contributed by atoms with Crippen LogP contribution in [0.1, 0.15) is 39.5 Å². The second-order valence-electron chi connectivity index (χ2n) is 10.1. The lowest BCUT2D eigenvalue weighted by Crippen LogP contribution is -2.66. The molecule has 3 saturated carbocycles. The highest BCUT2D eigenvalue weighted by Crippen LogP contribution is 2.76. The Morgan fingerprint density at radius 3 is 2.77 bits per heavy atom. The lowest BCUT2D eigenvalue weighted by molar-refractivity contribution is -0.179. The summed E-state index contributed by atoms with van der Waals surface area (Å²) < 4.78 is 50.5. The average Bonchev–Trinajstić information content (AvgIpc) is 3.28. The van der Waals surface area contributed by atoms with Gasteiger partial charge in [0.1, 0.15) is 12.2 Å². The van der Waals surface area contributed by atoms with Crippen molar-refractivity contribution in [3.63, 3.8) is 0 Å². The maximum absolute atomic E-state index is 16.9. The Balaban J connectivity index is 1.51. The average molecular weight is 455 g/mol. The van der Waals surface area contributed by atoms with Gasteiger partial charge in [0.2, 0.25) is 0 Å². The SMILES string of the molecule is C[C@@H]1C[C@H]2[C@@H]3CCC4=CC(=O)C=C[C@]4(C)[C@@]3(F)[C@@H](O)C[C@@]23O[C@]13C(=O)COS(C)(=O)=O. The van der Waals surface area contributed by atoms with Crippen LogP contribution in [0.3, 0.4) is 0 Å². The fourth-order valence-corrected chi connectivity index (χ4v) is 7.72. The zero-order valence-corrected chi connectivity index (χ0v) is 18.6. The summed E-state index contributed by atoms with van der Waals surface area (Å²) in [5, 5.41) is 11.2. The number of allylic oxidation sites excluding steroid dienone is 4. The Bertz CT molecular complexity index is 1050. The van der Waals surface area contributed by atoms with Gasteiger partial charge in [0.25, 0.3) is 10.1 Å². The molecule has 1 spiro atoms. The molecule has 5 aliphatic rings. The summed E-state index contributed by atoms with van der Waals surface area (Å²) in [6.07, 6.45) is 5.40. The second kappa shape index (κ2) is 6.12. The molecule has 31 heavy (non-hydrogen) atoms. The van der Waals surface area contributed by atoms with E-state index in [-0.39, 0.29) is 24.0 Å². The van der Waals surface area contributed by atoms with Crippen LogP contribution in [0.2, 0.25) is 0 Å². The number of carbonyl (C=O) groups is 2. The van der Waals surface area contributed by atoms with E-state index in [9.17, 15) is 23.1 Å². The van der Waals surface area contributed by atoms with Crippen LogP contribution in [0.5, 0.6) is 0 Å². The number of alkyl halides is 1.